The average Bonchev–Trinajstić information content (AvgIpc) is 2.84. The van der Waals surface area contributed by atoms with E-state index in [0.717, 1.165) is 18.8 Å². The van der Waals surface area contributed by atoms with Crippen molar-refractivity contribution in [2.24, 2.45) is 0 Å². The maximum absolute atomic E-state index is 11.6. The normalized spacial score (nSPS) is 32.3. The first kappa shape index (κ1) is 22.9. The third-order valence-electron chi connectivity index (χ3n) is 3.42. The van der Waals surface area contributed by atoms with Gasteiger partial charge >= 0.3 is 0 Å². The summed E-state index contributed by atoms with van der Waals surface area (Å²) in [7, 11) is -12.0. The first-order chi connectivity index (χ1) is 12.0. The maximum Gasteiger partial charge on any atom is 0.264 e. The second-order valence-electron chi connectivity index (χ2n) is 6.66. The van der Waals surface area contributed by atoms with Crippen molar-refractivity contribution in [1.82, 2.24) is 0 Å². The van der Waals surface area contributed by atoms with Crippen LogP contribution in [0.3, 0.4) is 0 Å². The van der Waals surface area contributed by atoms with E-state index in [9.17, 15) is 25.3 Å². The predicted octanol–water partition coefficient (Wildman–Crippen LogP) is -1.47. The van der Waals surface area contributed by atoms with E-state index >= 15 is 0 Å². The summed E-state index contributed by atoms with van der Waals surface area (Å²) >= 11 is 0. The van der Waals surface area contributed by atoms with E-state index in [0.29, 0.717) is 0 Å². The minimum atomic E-state index is -4.08. The molecule has 0 aliphatic carbocycles. The van der Waals surface area contributed by atoms with Crippen molar-refractivity contribution in [1.29, 1.82) is 0 Å². The van der Waals surface area contributed by atoms with Crippen LogP contribution in [0, 0.1) is 0 Å². The Labute approximate surface area is 158 Å². The SMILES string of the molecule is CC1(C)OC2OC(C(COS(C)(=O)=O)OS(C)(=O)=O)C(OS(C)(=O)=O)C2O1. The van der Waals surface area contributed by atoms with E-state index in [1.165, 1.54) is 0 Å². The molecule has 5 atom stereocenters. The summed E-state index contributed by atoms with van der Waals surface area (Å²) in [4.78, 5) is 0. The molecule has 0 saturated carbocycles. The van der Waals surface area contributed by atoms with Crippen LogP contribution in [0.2, 0.25) is 0 Å². The molecule has 12 nitrogen and oxygen atoms in total. The Morgan fingerprint density at radius 2 is 1.52 bits per heavy atom. The standard InChI is InChI=1S/C12H22O12S3/c1-12(2)21-10-9(24-27(5,17)18)8(20-11(10)22-12)7(23-26(4,15)16)6-19-25(3,13)14/h7-11H,6H2,1-5H3. The van der Waals surface area contributed by atoms with Gasteiger partial charge in [-0.3, -0.25) is 12.5 Å². The van der Waals surface area contributed by atoms with Gasteiger partial charge in [0.15, 0.2) is 12.1 Å². The van der Waals surface area contributed by atoms with Gasteiger partial charge in [0.25, 0.3) is 30.4 Å². The van der Waals surface area contributed by atoms with Gasteiger partial charge in [-0.2, -0.15) is 25.3 Å². The van der Waals surface area contributed by atoms with Crippen molar-refractivity contribution in [2.45, 2.75) is 50.3 Å². The summed E-state index contributed by atoms with van der Waals surface area (Å²) in [5.41, 5.74) is 0. The van der Waals surface area contributed by atoms with Crippen molar-refractivity contribution >= 4 is 30.4 Å². The highest BCUT2D eigenvalue weighted by molar-refractivity contribution is 7.86. The Morgan fingerprint density at radius 3 is 2.00 bits per heavy atom. The van der Waals surface area contributed by atoms with Gasteiger partial charge in [-0.1, -0.05) is 0 Å². The van der Waals surface area contributed by atoms with E-state index in [-0.39, 0.29) is 0 Å². The molecule has 0 bridgehead atoms. The second-order valence-corrected chi connectivity index (χ2v) is 11.5. The van der Waals surface area contributed by atoms with Crippen molar-refractivity contribution < 1.29 is 52.0 Å². The number of fused-ring (bicyclic) bond motifs is 1. The molecule has 0 amide bonds. The Morgan fingerprint density at radius 1 is 0.926 bits per heavy atom. The van der Waals surface area contributed by atoms with E-state index in [1.807, 2.05) is 0 Å². The highest BCUT2D eigenvalue weighted by atomic mass is 32.2. The lowest BCUT2D eigenvalue weighted by atomic mass is 10.1. The Balaban J connectivity index is 2.33. The Hall–Kier alpha value is -0.390. The van der Waals surface area contributed by atoms with Gasteiger partial charge in [0, 0.05) is 0 Å². The van der Waals surface area contributed by atoms with Gasteiger partial charge < -0.3 is 14.2 Å². The van der Waals surface area contributed by atoms with Crippen molar-refractivity contribution in [3.63, 3.8) is 0 Å². The third-order valence-corrected chi connectivity index (χ3v) is 5.16. The summed E-state index contributed by atoms with van der Waals surface area (Å²) in [5, 5.41) is 0. The van der Waals surface area contributed by atoms with Crippen molar-refractivity contribution in [3.05, 3.63) is 0 Å². The van der Waals surface area contributed by atoms with Gasteiger partial charge in [-0.05, 0) is 13.8 Å². The minimum Gasteiger partial charge on any atom is -0.341 e. The summed E-state index contributed by atoms with van der Waals surface area (Å²) in [6.45, 7) is 2.37. The molecule has 0 aromatic rings. The molecule has 2 aliphatic rings. The van der Waals surface area contributed by atoms with Gasteiger partial charge in [-0.15, -0.1) is 0 Å². The molecule has 5 unspecified atom stereocenters. The van der Waals surface area contributed by atoms with E-state index < -0.39 is 73.5 Å². The monoisotopic (exact) mass is 454 g/mol. The van der Waals surface area contributed by atoms with Gasteiger partial charge in [0.05, 0.1) is 25.4 Å². The van der Waals surface area contributed by atoms with E-state index in [2.05, 4.69) is 4.18 Å². The highest BCUT2D eigenvalue weighted by Crippen LogP contribution is 2.40. The number of hydrogen-bond donors (Lipinski definition) is 0. The quantitative estimate of drug-likeness (QED) is 0.393. The highest BCUT2D eigenvalue weighted by Gasteiger charge is 2.59. The van der Waals surface area contributed by atoms with Crippen LogP contribution in [0.25, 0.3) is 0 Å². The second kappa shape index (κ2) is 7.46. The summed E-state index contributed by atoms with van der Waals surface area (Å²) < 4.78 is 100. The fraction of sp³-hybridized carbons (Fsp3) is 1.00. The van der Waals surface area contributed by atoms with Crippen LogP contribution >= 0.6 is 0 Å². The van der Waals surface area contributed by atoms with E-state index in [4.69, 9.17) is 22.6 Å². The Bertz CT molecular complexity index is 859. The molecule has 0 radical (unpaired) electrons. The van der Waals surface area contributed by atoms with Crippen LogP contribution < -0.4 is 0 Å². The van der Waals surface area contributed by atoms with Crippen LogP contribution in [0.5, 0.6) is 0 Å². The topological polar surface area (TPSA) is 158 Å². The number of hydrogen-bond acceptors (Lipinski definition) is 12. The average molecular weight is 454 g/mol. The van der Waals surface area contributed by atoms with Crippen LogP contribution in [0.15, 0.2) is 0 Å². The van der Waals surface area contributed by atoms with Crippen LogP contribution in [-0.2, 0) is 57.1 Å². The molecule has 0 N–H and O–H groups in total. The van der Waals surface area contributed by atoms with Crippen molar-refractivity contribution in [3.8, 4) is 0 Å². The molecule has 0 aromatic heterocycles. The third kappa shape index (κ3) is 6.86. The molecule has 160 valence electrons. The van der Waals surface area contributed by atoms with Gasteiger partial charge in [0.1, 0.15) is 24.4 Å². The lowest BCUT2D eigenvalue weighted by Crippen LogP contribution is -2.47. The smallest absolute Gasteiger partial charge is 0.264 e. The Kier molecular flexibility index (Phi) is 6.32. The fourth-order valence-corrected chi connectivity index (χ4v) is 4.33. The lowest BCUT2D eigenvalue weighted by Gasteiger charge is -2.29. The predicted molar refractivity (Wildman–Crippen MR) is 88.9 cm³/mol. The molecule has 2 aliphatic heterocycles. The first-order valence-corrected chi connectivity index (χ1v) is 13.0. The molecule has 15 heteroatoms. The molecule has 2 heterocycles. The molecule has 2 saturated heterocycles. The van der Waals surface area contributed by atoms with Crippen LogP contribution in [0.1, 0.15) is 13.8 Å². The largest absolute Gasteiger partial charge is 0.341 e. The van der Waals surface area contributed by atoms with Gasteiger partial charge in [0.2, 0.25) is 0 Å². The maximum atomic E-state index is 11.6. The van der Waals surface area contributed by atoms with E-state index in [1.54, 1.807) is 13.8 Å². The molecular weight excluding hydrogens is 432 g/mol. The zero-order valence-electron chi connectivity index (χ0n) is 15.2. The van der Waals surface area contributed by atoms with Crippen LogP contribution in [0.4, 0.5) is 0 Å². The molecule has 27 heavy (non-hydrogen) atoms. The summed E-state index contributed by atoms with van der Waals surface area (Å²) in [6.07, 6.45) is -4.10. The zero-order valence-corrected chi connectivity index (χ0v) is 17.7. The molecule has 0 spiro atoms. The van der Waals surface area contributed by atoms with Crippen LogP contribution in [-0.4, -0.2) is 87.1 Å². The number of rotatable bonds is 8. The molecular formula is C12H22O12S3. The first-order valence-electron chi connectivity index (χ1n) is 7.58. The number of ether oxygens (including phenoxy) is 3. The molecule has 0 aromatic carbocycles. The minimum absolute atomic E-state index is 0.735. The summed E-state index contributed by atoms with van der Waals surface area (Å²) in [6, 6.07) is 0. The van der Waals surface area contributed by atoms with Gasteiger partial charge in [-0.25, -0.2) is 0 Å². The summed E-state index contributed by atoms with van der Waals surface area (Å²) in [5.74, 6) is -1.10. The fourth-order valence-electron chi connectivity index (χ4n) is 2.71. The lowest BCUT2D eigenvalue weighted by molar-refractivity contribution is -0.222. The molecule has 2 fully saturated rings. The zero-order chi connectivity index (χ0) is 20.8. The van der Waals surface area contributed by atoms with Crippen molar-refractivity contribution in [2.75, 3.05) is 25.4 Å². The molecule has 2 rings (SSSR count).